The Kier molecular flexibility index (Phi) is 5.34. The molecule has 1 saturated heterocycles. The molecule has 25 heavy (non-hydrogen) atoms. The molecule has 0 aliphatic carbocycles. The molecule has 6 heteroatoms. The van der Waals surface area contributed by atoms with E-state index in [2.05, 4.69) is 42.5 Å². The Balaban J connectivity index is 1.65. The van der Waals surface area contributed by atoms with Crippen LogP contribution in [0.3, 0.4) is 0 Å². The van der Waals surface area contributed by atoms with Crippen molar-refractivity contribution in [1.82, 2.24) is 9.21 Å². The van der Waals surface area contributed by atoms with Gasteiger partial charge in [0.05, 0.1) is 4.90 Å². The Morgan fingerprint density at radius 2 is 1.64 bits per heavy atom. The zero-order chi connectivity index (χ0) is 18.1. The fourth-order valence-electron chi connectivity index (χ4n) is 3.04. The zero-order valence-electron chi connectivity index (χ0n) is 15.1. The van der Waals surface area contributed by atoms with E-state index in [1.54, 1.807) is 27.8 Å². The van der Waals surface area contributed by atoms with Crippen LogP contribution in [0.2, 0.25) is 0 Å². The van der Waals surface area contributed by atoms with Crippen molar-refractivity contribution in [2.75, 3.05) is 26.2 Å². The third kappa shape index (κ3) is 4.31. The van der Waals surface area contributed by atoms with Gasteiger partial charge < -0.3 is 0 Å². The van der Waals surface area contributed by atoms with Gasteiger partial charge in [0.15, 0.2) is 0 Å². The van der Waals surface area contributed by atoms with Crippen molar-refractivity contribution in [2.24, 2.45) is 0 Å². The lowest BCUT2D eigenvalue weighted by atomic mass is 9.87. The molecule has 2 aromatic rings. The average molecular weight is 379 g/mol. The van der Waals surface area contributed by atoms with Gasteiger partial charge in [0.2, 0.25) is 10.0 Å². The van der Waals surface area contributed by atoms with Crippen molar-refractivity contribution >= 4 is 21.4 Å². The summed E-state index contributed by atoms with van der Waals surface area (Å²) in [5, 5.41) is 4.23. The predicted octanol–water partition coefficient (Wildman–Crippen LogP) is 3.55. The summed E-state index contributed by atoms with van der Waals surface area (Å²) in [7, 11) is -3.40. The topological polar surface area (TPSA) is 40.6 Å². The quantitative estimate of drug-likeness (QED) is 0.817. The normalized spacial score (nSPS) is 17.7. The number of thiophene rings is 1. The molecule has 1 aliphatic heterocycles. The monoisotopic (exact) mass is 378 g/mol. The predicted molar refractivity (Wildman–Crippen MR) is 103 cm³/mol. The van der Waals surface area contributed by atoms with Crippen molar-refractivity contribution in [2.45, 2.75) is 37.6 Å². The van der Waals surface area contributed by atoms with E-state index in [0.717, 1.165) is 25.2 Å². The van der Waals surface area contributed by atoms with Crippen LogP contribution >= 0.6 is 11.3 Å². The minimum absolute atomic E-state index is 0.0234. The number of sulfonamides is 1. The first-order valence-corrected chi connectivity index (χ1v) is 11.0. The first-order chi connectivity index (χ1) is 11.8. The summed E-state index contributed by atoms with van der Waals surface area (Å²) >= 11 is 1.70. The van der Waals surface area contributed by atoms with Crippen LogP contribution in [-0.2, 0) is 22.0 Å². The number of piperazine rings is 1. The molecular weight excluding hydrogens is 352 g/mol. The molecule has 136 valence electrons. The summed E-state index contributed by atoms with van der Waals surface area (Å²) in [5.74, 6) is 0. The highest BCUT2D eigenvalue weighted by atomic mass is 32.2. The molecule has 0 spiro atoms. The largest absolute Gasteiger partial charge is 0.296 e. The van der Waals surface area contributed by atoms with E-state index in [-0.39, 0.29) is 5.41 Å². The molecule has 0 unspecified atom stereocenters. The summed E-state index contributed by atoms with van der Waals surface area (Å²) in [4.78, 5) is 2.71. The second-order valence-electron chi connectivity index (χ2n) is 7.59. The third-order valence-electron chi connectivity index (χ3n) is 4.68. The van der Waals surface area contributed by atoms with Gasteiger partial charge in [-0.05, 0) is 45.5 Å². The maximum atomic E-state index is 12.9. The van der Waals surface area contributed by atoms with E-state index < -0.39 is 10.0 Å². The molecule has 0 amide bonds. The van der Waals surface area contributed by atoms with Gasteiger partial charge in [0.1, 0.15) is 0 Å². The Bertz CT molecular complexity index is 783. The summed E-state index contributed by atoms with van der Waals surface area (Å²) in [6.45, 7) is 9.93. The fraction of sp³-hybridized carbons (Fsp3) is 0.474. The Hall–Kier alpha value is -1.21. The molecule has 1 aliphatic rings. The zero-order valence-corrected chi connectivity index (χ0v) is 16.7. The number of hydrogen-bond donors (Lipinski definition) is 0. The smallest absolute Gasteiger partial charge is 0.243 e. The van der Waals surface area contributed by atoms with Gasteiger partial charge in [-0.2, -0.15) is 15.6 Å². The molecular formula is C19H26N2O2S2. The minimum Gasteiger partial charge on any atom is -0.296 e. The van der Waals surface area contributed by atoms with E-state index >= 15 is 0 Å². The van der Waals surface area contributed by atoms with E-state index in [9.17, 15) is 8.42 Å². The van der Waals surface area contributed by atoms with Crippen LogP contribution in [0.1, 0.15) is 31.9 Å². The van der Waals surface area contributed by atoms with Crippen LogP contribution in [0.5, 0.6) is 0 Å². The number of benzene rings is 1. The van der Waals surface area contributed by atoms with Crippen molar-refractivity contribution in [3.05, 3.63) is 52.2 Å². The molecule has 1 aromatic carbocycles. The highest BCUT2D eigenvalue weighted by Gasteiger charge is 2.28. The second kappa shape index (κ2) is 7.19. The maximum absolute atomic E-state index is 12.9. The Labute approximate surface area is 155 Å². The van der Waals surface area contributed by atoms with Crippen molar-refractivity contribution < 1.29 is 8.42 Å². The lowest BCUT2D eigenvalue weighted by Crippen LogP contribution is -2.48. The van der Waals surface area contributed by atoms with E-state index in [1.165, 1.54) is 5.56 Å². The van der Waals surface area contributed by atoms with E-state index in [0.29, 0.717) is 18.0 Å². The van der Waals surface area contributed by atoms with Crippen LogP contribution in [0, 0.1) is 0 Å². The van der Waals surface area contributed by atoms with Crippen LogP contribution in [0.4, 0.5) is 0 Å². The van der Waals surface area contributed by atoms with E-state index in [1.807, 2.05) is 12.1 Å². The summed E-state index contributed by atoms with van der Waals surface area (Å²) < 4.78 is 27.4. The van der Waals surface area contributed by atoms with Crippen molar-refractivity contribution in [3.63, 3.8) is 0 Å². The van der Waals surface area contributed by atoms with Crippen molar-refractivity contribution in [1.29, 1.82) is 0 Å². The third-order valence-corrected chi connectivity index (χ3v) is 7.32. The number of nitrogens with zero attached hydrogens (tertiary/aromatic N) is 2. The standard InChI is InChI=1S/C19H26N2O2S2/c1-19(2,3)17-4-6-18(7-5-17)25(22,23)21-11-9-20(10-12-21)14-16-8-13-24-15-16/h4-8,13,15H,9-12,14H2,1-3H3. The first-order valence-electron chi connectivity index (χ1n) is 8.61. The van der Waals surface area contributed by atoms with Gasteiger partial charge in [0.25, 0.3) is 0 Å². The van der Waals surface area contributed by atoms with Crippen LogP contribution in [0.15, 0.2) is 46.0 Å². The van der Waals surface area contributed by atoms with Gasteiger partial charge >= 0.3 is 0 Å². The SMILES string of the molecule is CC(C)(C)c1ccc(S(=O)(=O)N2CCN(Cc3ccsc3)CC2)cc1. The second-order valence-corrected chi connectivity index (χ2v) is 10.3. The molecule has 1 aromatic heterocycles. The summed E-state index contributed by atoms with van der Waals surface area (Å²) in [6.07, 6.45) is 0. The first kappa shape index (κ1) is 18.6. The molecule has 3 rings (SSSR count). The minimum atomic E-state index is -3.40. The highest BCUT2D eigenvalue weighted by molar-refractivity contribution is 7.89. The van der Waals surface area contributed by atoms with Crippen LogP contribution in [-0.4, -0.2) is 43.8 Å². The Morgan fingerprint density at radius 3 is 2.16 bits per heavy atom. The lowest BCUT2D eigenvalue weighted by molar-refractivity contribution is 0.182. The molecule has 0 saturated carbocycles. The molecule has 0 bridgehead atoms. The maximum Gasteiger partial charge on any atom is 0.243 e. The van der Waals surface area contributed by atoms with Crippen molar-refractivity contribution in [3.8, 4) is 0 Å². The van der Waals surface area contributed by atoms with Gasteiger partial charge in [-0.3, -0.25) is 4.90 Å². The van der Waals surface area contributed by atoms with Crippen LogP contribution < -0.4 is 0 Å². The number of hydrogen-bond acceptors (Lipinski definition) is 4. The molecule has 0 atom stereocenters. The number of rotatable bonds is 4. The fourth-order valence-corrected chi connectivity index (χ4v) is 5.13. The highest BCUT2D eigenvalue weighted by Crippen LogP contribution is 2.25. The molecule has 1 fully saturated rings. The van der Waals surface area contributed by atoms with Gasteiger partial charge in [-0.1, -0.05) is 32.9 Å². The average Bonchev–Trinajstić information content (AvgIpc) is 3.08. The Morgan fingerprint density at radius 1 is 1.00 bits per heavy atom. The lowest BCUT2D eigenvalue weighted by Gasteiger charge is -2.33. The van der Waals surface area contributed by atoms with Gasteiger partial charge in [-0.25, -0.2) is 8.42 Å². The molecule has 2 heterocycles. The molecule has 4 nitrogen and oxygen atoms in total. The van der Waals surface area contributed by atoms with E-state index in [4.69, 9.17) is 0 Å². The van der Waals surface area contributed by atoms with Gasteiger partial charge in [0, 0.05) is 32.7 Å². The summed E-state index contributed by atoms with van der Waals surface area (Å²) in [5.41, 5.74) is 2.47. The van der Waals surface area contributed by atoms with Gasteiger partial charge in [-0.15, -0.1) is 0 Å². The van der Waals surface area contributed by atoms with Crippen LogP contribution in [0.25, 0.3) is 0 Å². The molecule has 0 N–H and O–H groups in total. The molecule has 0 radical (unpaired) electrons. The summed E-state index contributed by atoms with van der Waals surface area (Å²) in [6, 6.07) is 9.48.